The molecule has 1 atom stereocenters. The van der Waals surface area contributed by atoms with E-state index in [0.717, 1.165) is 6.42 Å². The number of nitrogens with two attached hydrogens (primary N) is 1. The van der Waals surface area contributed by atoms with Gasteiger partial charge >= 0.3 is 5.97 Å². The van der Waals surface area contributed by atoms with E-state index < -0.39 is 6.04 Å². The zero-order chi connectivity index (χ0) is 13.0. The van der Waals surface area contributed by atoms with E-state index in [4.69, 9.17) is 5.73 Å². The standard InChI is InChI=1S/C15H17NO2/c1-18-15(17)14(16)10-9-12-7-4-6-11-5-2-3-8-13(11)12/h2-8,14H,9-10,16H2,1H3. The highest BCUT2D eigenvalue weighted by atomic mass is 16.5. The van der Waals surface area contributed by atoms with Gasteiger partial charge in [-0.25, -0.2) is 0 Å². The van der Waals surface area contributed by atoms with Crippen LogP contribution in [-0.2, 0) is 16.0 Å². The van der Waals surface area contributed by atoms with Gasteiger partial charge in [-0.05, 0) is 29.2 Å². The number of ether oxygens (including phenoxy) is 1. The maximum atomic E-state index is 11.2. The zero-order valence-electron chi connectivity index (χ0n) is 10.4. The van der Waals surface area contributed by atoms with E-state index in [1.54, 1.807) is 0 Å². The quantitative estimate of drug-likeness (QED) is 0.838. The molecule has 2 N–H and O–H groups in total. The van der Waals surface area contributed by atoms with Crippen LogP contribution in [0.3, 0.4) is 0 Å². The van der Waals surface area contributed by atoms with E-state index in [1.165, 1.54) is 23.4 Å². The van der Waals surface area contributed by atoms with Gasteiger partial charge in [-0.2, -0.15) is 0 Å². The SMILES string of the molecule is COC(=O)C(N)CCc1cccc2ccccc12. The van der Waals surface area contributed by atoms with Crippen LogP contribution in [0.15, 0.2) is 42.5 Å². The first-order valence-electron chi connectivity index (χ1n) is 6.02. The molecule has 0 bridgehead atoms. The van der Waals surface area contributed by atoms with Gasteiger partial charge in [0.15, 0.2) is 0 Å². The molecule has 94 valence electrons. The van der Waals surface area contributed by atoms with Gasteiger partial charge in [0, 0.05) is 0 Å². The fraction of sp³-hybridized carbons (Fsp3) is 0.267. The highest BCUT2D eigenvalue weighted by Gasteiger charge is 2.13. The molecule has 1 unspecified atom stereocenters. The van der Waals surface area contributed by atoms with Crippen molar-refractivity contribution in [3.05, 3.63) is 48.0 Å². The Morgan fingerprint density at radius 1 is 1.22 bits per heavy atom. The Hall–Kier alpha value is -1.87. The lowest BCUT2D eigenvalue weighted by molar-refractivity contribution is -0.142. The van der Waals surface area contributed by atoms with Crippen LogP contribution in [0.1, 0.15) is 12.0 Å². The molecule has 0 saturated heterocycles. The van der Waals surface area contributed by atoms with E-state index in [9.17, 15) is 4.79 Å². The van der Waals surface area contributed by atoms with Crippen LogP contribution in [0.25, 0.3) is 10.8 Å². The summed E-state index contributed by atoms with van der Waals surface area (Å²) in [7, 11) is 1.36. The molecule has 0 aliphatic carbocycles. The number of esters is 1. The van der Waals surface area contributed by atoms with Crippen LogP contribution in [0, 0.1) is 0 Å². The van der Waals surface area contributed by atoms with Crippen molar-refractivity contribution >= 4 is 16.7 Å². The molecule has 2 aromatic carbocycles. The summed E-state index contributed by atoms with van der Waals surface area (Å²) in [5.74, 6) is -0.352. The number of carbonyl (C=O) groups is 1. The number of aryl methyl sites for hydroxylation is 1. The molecule has 0 aliphatic heterocycles. The molecule has 0 spiro atoms. The molecule has 2 aromatic rings. The Bertz CT molecular complexity index is 546. The monoisotopic (exact) mass is 243 g/mol. The Balaban J connectivity index is 2.15. The van der Waals surface area contributed by atoms with Gasteiger partial charge in [-0.3, -0.25) is 4.79 Å². The molecule has 0 aliphatic rings. The lowest BCUT2D eigenvalue weighted by atomic mass is 9.99. The number of benzene rings is 2. The summed E-state index contributed by atoms with van der Waals surface area (Å²) >= 11 is 0. The molecule has 0 heterocycles. The second-order valence-corrected chi connectivity index (χ2v) is 4.31. The summed E-state index contributed by atoms with van der Waals surface area (Å²) in [6, 6.07) is 13.9. The van der Waals surface area contributed by atoms with Gasteiger partial charge in [-0.15, -0.1) is 0 Å². The van der Waals surface area contributed by atoms with Gasteiger partial charge < -0.3 is 10.5 Å². The molecular formula is C15H17NO2. The number of methoxy groups -OCH3 is 1. The first-order valence-corrected chi connectivity index (χ1v) is 6.02. The van der Waals surface area contributed by atoms with Crippen LogP contribution < -0.4 is 5.73 Å². The van der Waals surface area contributed by atoms with Crippen LogP contribution in [0.2, 0.25) is 0 Å². The minimum absolute atomic E-state index is 0.352. The maximum Gasteiger partial charge on any atom is 0.322 e. The smallest absolute Gasteiger partial charge is 0.322 e. The second kappa shape index (κ2) is 5.65. The third-order valence-electron chi connectivity index (χ3n) is 3.11. The Morgan fingerprint density at radius 2 is 1.94 bits per heavy atom. The highest BCUT2D eigenvalue weighted by molar-refractivity contribution is 5.85. The number of fused-ring (bicyclic) bond motifs is 1. The molecule has 0 aromatic heterocycles. The molecule has 0 amide bonds. The number of hydrogen-bond donors (Lipinski definition) is 1. The Labute approximate surface area is 107 Å². The van der Waals surface area contributed by atoms with Gasteiger partial charge in [-0.1, -0.05) is 42.5 Å². The van der Waals surface area contributed by atoms with Gasteiger partial charge in [0.2, 0.25) is 0 Å². The Kier molecular flexibility index (Phi) is 3.95. The average Bonchev–Trinajstić information content (AvgIpc) is 2.43. The molecule has 3 heteroatoms. The van der Waals surface area contributed by atoms with Gasteiger partial charge in [0.25, 0.3) is 0 Å². The molecule has 0 fully saturated rings. The van der Waals surface area contributed by atoms with Crippen molar-refractivity contribution in [2.45, 2.75) is 18.9 Å². The zero-order valence-corrected chi connectivity index (χ0v) is 10.4. The number of carbonyl (C=O) groups excluding carboxylic acids is 1. The fourth-order valence-electron chi connectivity index (χ4n) is 2.09. The van der Waals surface area contributed by atoms with Crippen molar-refractivity contribution in [1.82, 2.24) is 0 Å². The first kappa shape index (κ1) is 12.6. The topological polar surface area (TPSA) is 52.3 Å². The second-order valence-electron chi connectivity index (χ2n) is 4.31. The van der Waals surface area contributed by atoms with Gasteiger partial charge in [0.05, 0.1) is 7.11 Å². The molecule has 0 saturated carbocycles. The maximum absolute atomic E-state index is 11.2. The summed E-state index contributed by atoms with van der Waals surface area (Å²) < 4.78 is 4.62. The van der Waals surface area contributed by atoms with E-state index in [0.29, 0.717) is 6.42 Å². The van der Waals surface area contributed by atoms with E-state index in [1.807, 2.05) is 18.2 Å². The summed E-state index contributed by atoms with van der Waals surface area (Å²) in [4.78, 5) is 11.2. The van der Waals surface area contributed by atoms with Crippen molar-refractivity contribution < 1.29 is 9.53 Å². The average molecular weight is 243 g/mol. The van der Waals surface area contributed by atoms with Crippen molar-refractivity contribution in [3.8, 4) is 0 Å². The molecule has 3 nitrogen and oxygen atoms in total. The van der Waals surface area contributed by atoms with Crippen molar-refractivity contribution in [2.75, 3.05) is 7.11 Å². The minimum Gasteiger partial charge on any atom is -0.468 e. The third-order valence-corrected chi connectivity index (χ3v) is 3.11. The van der Waals surface area contributed by atoms with Crippen LogP contribution in [0.5, 0.6) is 0 Å². The summed E-state index contributed by atoms with van der Waals surface area (Å²) in [6.07, 6.45) is 1.37. The fourth-order valence-corrected chi connectivity index (χ4v) is 2.09. The minimum atomic E-state index is -0.547. The summed E-state index contributed by atoms with van der Waals surface area (Å²) in [5.41, 5.74) is 6.96. The van der Waals surface area contributed by atoms with Crippen molar-refractivity contribution in [1.29, 1.82) is 0 Å². The Morgan fingerprint density at radius 3 is 2.72 bits per heavy atom. The van der Waals surface area contributed by atoms with Crippen LogP contribution in [0.4, 0.5) is 0 Å². The van der Waals surface area contributed by atoms with E-state index in [-0.39, 0.29) is 5.97 Å². The van der Waals surface area contributed by atoms with E-state index >= 15 is 0 Å². The summed E-state index contributed by atoms with van der Waals surface area (Å²) in [5, 5.41) is 2.43. The molecule has 18 heavy (non-hydrogen) atoms. The van der Waals surface area contributed by atoms with Crippen molar-refractivity contribution in [3.63, 3.8) is 0 Å². The normalized spacial score (nSPS) is 12.3. The highest BCUT2D eigenvalue weighted by Crippen LogP contribution is 2.20. The number of rotatable bonds is 4. The third kappa shape index (κ3) is 2.68. The van der Waals surface area contributed by atoms with Crippen molar-refractivity contribution in [2.24, 2.45) is 5.73 Å². The lowest BCUT2D eigenvalue weighted by Crippen LogP contribution is -2.31. The van der Waals surface area contributed by atoms with Crippen LogP contribution >= 0.6 is 0 Å². The molecule has 2 rings (SSSR count). The van der Waals surface area contributed by atoms with Crippen LogP contribution in [-0.4, -0.2) is 19.1 Å². The van der Waals surface area contributed by atoms with Gasteiger partial charge in [0.1, 0.15) is 6.04 Å². The predicted octanol–water partition coefficient (Wildman–Crippen LogP) is 2.27. The molecule has 0 radical (unpaired) electrons. The number of hydrogen-bond acceptors (Lipinski definition) is 3. The predicted molar refractivity (Wildman–Crippen MR) is 72.3 cm³/mol. The largest absolute Gasteiger partial charge is 0.468 e. The molecular weight excluding hydrogens is 226 g/mol. The first-order chi connectivity index (χ1) is 8.72. The lowest BCUT2D eigenvalue weighted by Gasteiger charge is -2.10. The summed E-state index contributed by atoms with van der Waals surface area (Å²) in [6.45, 7) is 0. The van der Waals surface area contributed by atoms with E-state index in [2.05, 4.69) is 29.0 Å².